The summed E-state index contributed by atoms with van der Waals surface area (Å²) < 4.78 is 5.18. The highest BCUT2D eigenvalue weighted by Gasteiger charge is 2.32. The number of aldehydes is 1. The monoisotopic (exact) mass is 377 g/mol. The fourth-order valence-electron chi connectivity index (χ4n) is 3.87. The van der Waals surface area contributed by atoms with Gasteiger partial charge in [-0.25, -0.2) is 15.2 Å². The van der Waals surface area contributed by atoms with E-state index in [-0.39, 0.29) is 18.4 Å². The molecule has 2 rings (SSSR count). The van der Waals surface area contributed by atoms with Gasteiger partial charge in [-0.3, -0.25) is 0 Å². The molecule has 1 unspecified atom stereocenters. The Morgan fingerprint density at radius 3 is 2.56 bits per heavy atom. The fourth-order valence-corrected chi connectivity index (χ4v) is 3.87. The molecule has 0 radical (unpaired) electrons. The number of ether oxygens (including phenoxy) is 1. The number of benzene rings is 1. The lowest BCUT2D eigenvalue weighted by Gasteiger charge is -2.39. The predicted octanol–water partition coefficient (Wildman–Crippen LogP) is 2.41. The highest BCUT2D eigenvalue weighted by atomic mass is 16.5. The number of carbonyl (C=O) groups excluding carboxylic acids is 1. The van der Waals surface area contributed by atoms with Crippen molar-refractivity contribution in [2.24, 2.45) is 5.92 Å². The second kappa shape index (κ2) is 10.9. The van der Waals surface area contributed by atoms with Crippen LogP contribution < -0.4 is 10.2 Å². The molecule has 1 aromatic rings. The van der Waals surface area contributed by atoms with E-state index >= 15 is 0 Å². The summed E-state index contributed by atoms with van der Waals surface area (Å²) in [6, 6.07) is 7.89. The van der Waals surface area contributed by atoms with Crippen molar-refractivity contribution < 1.29 is 19.4 Å². The molecule has 150 valence electrons. The van der Waals surface area contributed by atoms with E-state index in [1.54, 1.807) is 14.2 Å². The maximum absolute atomic E-state index is 11.4. The van der Waals surface area contributed by atoms with Crippen molar-refractivity contribution in [3.05, 3.63) is 29.8 Å². The number of aryl methyl sites for hydroxylation is 1. The fraction of sp³-hybridized carbons (Fsp3) is 0.600. The maximum atomic E-state index is 11.4. The van der Waals surface area contributed by atoms with Crippen molar-refractivity contribution in [2.75, 3.05) is 33.8 Å². The summed E-state index contributed by atoms with van der Waals surface area (Å²) in [6.45, 7) is 2.92. The van der Waals surface area contributed by atoms with E-state index in [4.69, 9.17) is 4.74 Å². The second-order valence-electron chi connectivity index (χ2n) is 6.98. The van der Waals surface area contributed by atoms with Crippen molar-refractivity contribution >= 4 is 12.4 Å². The molecule has 1 aliphatic heterocycles. The molecule has 1 saturated heterocycles. The maximum Gasteiger partial charge on any atom is 0.422 e. The van der Waals surface area contributed by atoms with E-state index in [0.717, 1.165) is 57.4 Å². The summed E-state index contributed by atoms with van der Waals surface area (Å²) in [6.07, 6.45) is 3.95. The summed E-state index contributed by atoms with van der Waals surface area (Å²) >= 11 is 0. The minimum atomic E-state index is -1.04. The lowest BCUT2D eigenvalue weighted by atomic mass is 9.87. The van der Waals surface area contributed by atoms with Gasteiger partial charge in [-0.15, -0.1) is 0 Å². The molecule has 0 aromatic heterocycles. The second-order valence-corrected chi connectivity index (χ2v) is 6.98. The van der Waals surface area contributed by atoms with E-state index in [1.165, 1.54) is 10.6 Å². The molecule has 0 saturated carbocycles. The summed E-state index contributed by atoms with van der Waals surface area (Å²) in [7, 11) is 3.25. The Kier molecular flexibility index (Phi) is 8.54. The molecule has 0 bridgehead atoms. The van der Waals surface area contributed by atoms with E-state index in [1.807, 2.05) is 12.1 Å². The SMILES string of the molecule is CNN(C(=O)O)C(CC=O)C1CCN(CCCc2ccc(OC)cc2)CC1. The van der Waals surface area contributed by atoms with Crippen molar-refractivity contribution in [1.29, 1.82) is 0 Å². The molecule has 1 fully saturated rings. The Morgan fingerprint density at radius 1 is 1.37 bits per heavy atom. The number of piperidine rings is 1. The average Bonchev–Trinajstić information content (AvgIpc) is 2.69. The van der Waals surface area contributed by atoms with Crippen LogP contribution in [0.15, 0.2) is 24.3 Å². The number of hydrazine groups is 1. The number of carbonyl (C=O) groups is 2. The number of hydrogen-bond donors (Lipinski definition) is 2. The number of likely N-dealkylation sites (tertiary alicyclic amines) is 1. The Balaban J connectivity index is 1.77. The summed E-state index contributed by atoms with van der Waals surface area (Å²) in [5.41, 5.74) is 4.02. The first-order valence-corrected chi connectivity index (χ1v) is 9.57. The molecule has 1 heterocycles. The molecular formula is C20H31N3O4. The van der Waals surface area contributed by atoms with Crippen molar-refractivity contribution in [3.63, 3.8) is 0 Å². The van der Waals surface area contributed by atoms with Gasteiger partial charge in [0.2, 0.25) is 0 Å². The first-order chi connectivity index (χ1) is 13.1. The van der Waals surface area contributed by atoms with Gasteiger partial charge in [0.1, 0.15) is 12.0 Å². The zero-order chi connectivity index (χ0) is 19.6. The van der Waals surface area contributed by atoms with Crippen molar-refractivity contribution in [1.82, 2.24) is 15.3 Å². The topological polar surface area (TPSA) is 82.1 Å². The summed E-state index contributed by atoms with van der Waals surface area (Å²) in [4.78, 5) is 24.8. The van der Waals surface area contributed by atoms with Crippen LogP contribution in [0.25, 0.3) is 0 Å². The molecule has 7 heteroatoms. The van der Waals surface area contributed by atoms with Crippen molar-refractivity contribution in [3.8, 4) is 5.75 Å². The van der Waals surface area contributed by atoms with Crippen LogP contribution in [0.5, 0.6) is 5.75 Å². The molecule has 1 aliphatic rings. The average molecular weight is 377 g/mol. The number of amides is 1. The highest BCUT2D eigenvalue weighted by Crippen LogP contribution is 2.25. The third-order valence-corrected chi connectivity index (χ3v) is 5.39. The van der Waals surface area contributed by atoms with E-state index in [0.29, 0.717) is 0 Å². The standard InChI is InChI=1S/C20H31N3O4/c1-21-23(20(25)26)19(11-15-24)17-9-13-22(14-10-17)12-3-4-16-5-7-18(27-2)8-6-16/h5-8,15,17,19,21H,3-4,9-14H2,1-2H3,(H,25,26). The normalized spacial score (nSPS) is 16.7. The van der Waals surface area contributed by atoms with Gasteiger partial charge in [-0.05, 0) is 68.9 Å². The zero-order valence-electron chi connectivity index (χ0n) is 16.3. The smallest absolute Gasteiger partial charge is 0.422 e. The number of nitrogens with one attached hydrogen (secondary N) is 1. The van der Waals surface area contributed by atoms with Crippen LogP contribution in [-0.4, -0.2) is 67.2 Å². The lowest BCUT2D eigenvalue weighted by Crippen LogP contribution is -2.52. The highest BCUT2D eigenvalue weighted by molar-refractivity contribution is 5.65. The Morgan fingerprint density at radius 2 is 2.04 bits per heavy atom. The van der Waals surface area contributed by atoms with Gasteiger partial charge in [-0.2, -0.15) is 0 Å². The number of carboxylic acid groups (broad SMARTS) is 1. The molecule has 1 aromatic carbocycles. The molecule has 0 aliphatic carbocycles. The van der Waals surface area contributed by atoms with E-state index < -0.39 is 6.09 Å². The van der Waals surface area contributed by atoms with Crippen LogP contribution in [0.2, 0.25) is 0 Å². The van der Waals surface area contributed by atoms with Gasteiger partial charge < -0.3 is 19.5 Å². The van der Waals surface area contributed by atoms with Gasteiger partial charge in [0, 0.05) is 13.5 Å². The molecule has 7 nitrogen and oxygen atoms in total. The van der Waals surface area contributed by atoms with Crippen LogP contribution in [-0.2, 0) is 11.2 Å². The first kappa shape index (κ1) is 21.2. The van der Waals surface area contributed by atoms with E-state index in [2.05, 4.69) is 22.5 Å². The molecular weight excluding hydrogens is 346 g/mol. The van der Waals surface area contributed by atoms with Gasteiger partial charge in [0.25, 0.3) is 0 Å². The van der Waals surface area contributed by atoms with Crippen molar-refractivity contribution in [2.45, 2.75) is 38.1 Å². The van der Waals surface area contributed by atoms with E-state index in [9.17, 15) is 14.7 Å². The number of nitrogens with zero attached hydrogens (tertiary/aromatic N) is 2. The molecule has 1 atom stereocenters. The van der Waals surface area contributed by atoms with Crippen LogP contribution in [0.4, 0.5) is 4.79 Å². The molecule has 27 heavy (non-hydrogen) atoms. The quantitative estimate of drug-likeness (QED) is 0.481. The third kappa shape index (κ3) is 6.22. The van der Waals surface area contributed by atoms with Gasteiger partial charge in [0.05, 0.1) is 13.2 Å². The van der Waals surface area contributed by atoms with Crippen LogP contribution >= 0.6 is 0 Å². The lowest BCUT2D eigenvalue weighted by molar-refractivity contribution is -0.109. The molecule has 0 spiro atoms. The predicted molar refractivity (Wildman–Crippen MR) is 104 cm³/mol. The van der Waals surface area contributed by atoms with Crippen LogP contribution in [0, 0.1) is 5.92 Å². The minimum Gasteiger partial charge on any atom is -0.497 e. The van der Waals surface area contributed by atoms with Crippen LogP contribution in [0.3, 0.4) is 0 Å². The largest absolute Gasteiger partial charge is 0.497 e. The minimum absolute atomic E-state index is 0.205. The first-order valence-electron chi connectivity index (χ1n) is 9.57. The zero-order valence-corrected chi connectivity index (χ0v) is 16.3. The van der Waals surface area contributed by atoms with Gasteiger partial charge in [-0.1, -0.05) is 12.1 Å². The number of methoxy groups -OCH3 is 1. The summed E-state index contributed by atoms with van der Waals surface area (Å²) in [5, 5.41) is 10.5. The molecule has 1 amide bonds. The Bertz CT molecular complexity index is 585. The van der Waals surface area contributed by atoms with Gasteiger partial charge >= 0.3 is 6.09 Å². The van der Waals surface area contributed by atoms with Crippen LogP contribution in [0.1, 0.15) is 31.2 Å². The number of hydrogen-bond acceptors (Lipinski definition) is 5. The summed E-state index contributed by atoms with van der Waals surface area (Å²) in [5.74, 6) is 1.08. The Hall–Kier alpha value is -2.12. The Labute approximate surface area is 161 Å². The van der Waals surface area contributed by atoms with Gasteiger partial charge in [0.15, 0.2) is 0 Å². The third-order valence-electron chi connectivity index (χ3n) is 5.39. The number of rotatable bonds is 10. The molecule has 2 N–H and O–H groups in total.